The molecule has 11 N–H and O–H groups in total. The zero-order chi connectivity index (χ0) is 46.2. The van der Waals surface area contributed by atoms with E-state index in [9.17, 15) is 53.1 Å². The lowest BCUT2D eigenvalue weighted by Gasteiger charge is -2.25. The fraction of sp³-hybridized carbons (Fsp3) is 0.590. The molecular weight excluding hydrogens is 867 g/mol. The highest BCUT2D eigenvalue weighted by molar-refractivity contribution is 8.00. The molecule has 23 heteroatoms. The Morgan fingerprint density at radius 3 is 1.76 bits per heavy atom. The summed E-state index contributed by atoms with van der Waals surface area (Å²) in [6.07, 6.45) is 1.39. The Hall–Kier alpha value is -4.87. The maximum atomic E-state index is 13.8. The monoisotopic (exact) mass is 925 g/mol. The maximum Gasteiger partial charge on any atom is 0.305 e. The van der Waals surface area contributed by atoms with Gasteiger partial charge >= 0.3 is 5.97 Å². The average molecular weight is 926 g/mol. The number of rotatable bonds is 14. The van der Waals surface area contributed by atoms with Crippen molar-refractivity contribution >= 4 is 96.0 Å². The molecule has 0 spiro atoms. The summed E-state index contributed by atoms with van der Waals surface area (Å²) >= 11 is 9.38. The highest BCUT2D eigenvalue weighted by atomic mass is 32.2. The number of thioether (sulfide) groups is 1. The van der Waals surface area contributed by atoms with Gasteiger partial charge in [0.05, 0.1) is 24.8 Å². The fourth-order valence-corrected chi connectivity index (χ4v) is 7.39. The Morgan fingerprint density at radius 2 is 1.19 bits per heavy atom. The van der Waals surface area contributed by atoms with Crippen LogP contribution in [0.1, 0.15) is 64.4 Å². The average Bonchev–Trinajstić information content (AvgIpc) is 3.23. The minimum absolute atomic E-state index is 0.0582. The molecule has 2 rings (SSSR count). The van der Waals surface area contributed by atoms with Gasteiger partial charge in [0.25, 0.3) is 0 Å². The number of carbonyl (C=O) groups excluding carboxylic acids is 9. The van der Waals surface area contributed by atoms with Crippen LogP contribution in [0.25, 0.3) is 0 Å². The van der Waals surface area contributed by atoms with Crippen molar-refractivity contribution in [3.63, 3.8) is 0 Å². The van der Waals surface area contributed by atoms with Crippen molar-refractivity contribution in [3.05, 3.63) is 35.9 Å². The molecule has 1 aromatic rings. The second-order valence-corrected chi connectivity index (χ2v) is 16.2. The van der Waals surface area contributed by atoms with Gasteiger partial charge in [-0.25, -0.2) is 0 Å². The molecule has 1 saturated heterocycles. The molecule has 1 aliphatic heterocycles. The normalized spacial score (nSPS) is 24.7. The van der Waals surface area contributed by atoms with Crippen LogP contribution in [0.4, 0.5) is 0 Å². The number of hydrogen-bond acceptors (Lipinski definition) is 14. The topological polar surface area (TPSA) is 313 Å². The molecule has 0 saturated carbocycles. The van der Waals surface area contributed by atoms with Crippen LogP contribution in [0.5, 0.6) is 0 Å². The van der Waals surface area contributed by atoms with Gasteiger partial charge in [-0.3, -0.25) is 47.9 Å². The van der Waals surface area contributed by atoms with Gasteiger partial charge in [0.15, 0.2) is 5.78 Å². The van der Waals surface area contributed by atoms with Crippen molar-refractivity contribution in [2.24, 2.45) is 5.73 Å². The number of hydrogen-bond donors (Lipinski definition) is 12. The van der Waals surface area contributed by atoms with Crippen LogP contribution in [0.3, 0.4) is 0 Å². The Balaban J connectivity index is 2.53. The predicted octanol–water partition coefficient (Wildman–Crippen LogP) is -2.27. The van der Waals surface area contributed by atoms with E-state index in [2.05, 4.69) is 67.8 Å². The highest BCUT2D eigenvalue weighted by Crippen LogP contribution is 2.10. The zero-order valence-electron chi connectivity index (χ0n) is 34.7. The van der Waals surface area contributed by atoms with Gasteiger partial charge in [-0.2, -0.15) is 25.3 Å². The molecule has 1 aromatic carbocycles. The number of Topliss-reactive ketones (excluding diaryl/α,β-unsaturated/α-hetero) is 1. The molecule has 0 bridgehead atoms. The van der Waals surface area contributed by atoms with Crippen molar-refractivity contribution in [1.29, 1.82) is 0 Å². The van der Waals surface area contributed by atoms with Crippen LogP contribution in [0.15, 0.2) is 30.3 Å². The number of nitrogens with one attached hydrogen (secondary N) is 8. The first-order chi connectivity index (χ1) is 29.5. The third-order valence-electron chi connectivity index (χ3n) is 9.40. The summed E-state index contributed by atoms with van der Waals surface area (Å²) in [5.74, 6) is -9.39. The molecule has 1 aliphatic rings. The standard InChI is InChI=1S/C39H59N9O11S3/c1-3-4-12-24-34(54)41-17-31(50)43-27(16-33(52)53)37(57)47-29(19-61)39(59)45-26(15-23-10-6-5-7-11-23)36(56)48-30(22(2)49)20-62-21-32(51)42-25(13-8-9-14-40)35(55)46-28(18-60)38(58)44-24/h5-7,10-11,24-30,60-61H,3-4,8-9,12-21,40H2,1-2H3,(H,41,54)(H,42,51)(H,43,50)(H,44,58)(H,45,59)(H,46,55)(H,47,57)(H,48,56)(H,52,53)/t24-,25-,26-,27-,28-,29-,30-/m0/s1. The summed E-state index contributed by atoms with van der Waals surface area (Å²) in [5.41, 5.74) is 6.27. The molecule has 344 valence electrons. The van der Waals surface area contributed by atoms with Crippen molar-refractivity contribution in [3.8, 4) is 0 Å². The van der Waals surface area contributed by atoms with E-state index in [1.165, 1.54) is 6.92 Å². The first-order valence-corrected chi connectivity index (χ1v) is 22.6. The summed E-state index contributed by atoms with van der Waals surface area (Å²) in [6, 6.07) is -0.596. The summed E-state index contributed by atoms with van der Waals surface area (Å²) < 4.78 is 0. The third kappa shape index (κ3) is 19.5. The van der Waals surface area contributed by atoms with Crippen molar-refractivity contribution in [2.75, 3.05) is 36.1 Å². The van der Waals surface area contributed by atoms with E-state index in [1.807, 2.05) is 6.92 Å². The molecule has 62 heavy (non-hydrogen) atoms. The molecule has 0 unspecified atom stereocenters. The second kappa shape index (κ2) is 28.7. The molecule has 0 radical (unpaired) electrons. The maximum absolute atomic E-state index is 13.8. The number of carbonyl (C=O) groups is 10. The number of nitrogens with two attached hydrogens (primary N) is 1. The molecule has 8 amide bonds. The molecule has 1 fully saturated rings. The number of benzene rings is 1. The highest BCUT2D eigenvalue weighted by Gasteiger charge is 2.33. The Kier molecular flexibility index (Phi) is 24.6. The second-order valence-electron chi connectivity index (χ2n) is 14.5. The van der Waals surface area contributed by atoms with Crippen molar-refractivity contribution < 1.29 is 53.1 Å². The number of carboxylic acids is 1. The van der Waals surface area contributed by atoms with Crippen LogP contribution >= 0.6 is 37.0 Å². The summed E-state index contributed by atoms with van der Waals surface area (Å²) in [4.78, 5) is 132. The molecule has 7 atom stereocenters. The van der Waals surface area contributed by atoms with Gasteiger partial charge < -0.3 is 53.4 Å². The van der Waals surface area contributed by atoms with Gasteiger partial charge in [-0.05, 0) is 44.7 Å². The van der Waals surface area contributed by atoms with Gasteiger partial charge in [0, 0.05) is 23.7 Å². The van der Waals surface area contributed by atoms with Crippen LogP contribution < -0.4 is 48.3 Å². The SMILES string of the molecule is CCCC[C@@H]1NC(=O)[C@H](CS)NC(=O)[C@H](CCCCN)NC(=O)CSC[C@@H](C(C)=O)NC(=O)[C@H](Cc2ccccc2)NC(=O)[C@H](CS)NC(=O)[C@H](CC(=O)O)NC(=O)CNC1=O. The lowest BCUT2D eigenvalue weighted by atomic mass is 10.0. The van der Waals surface area contributed by atoms with E-state index >= 15 is 0 Å². The summed E-state index contributed by atoms with van der Waals surface area (Å²) in [5, 5.41) is 29.5. The van der Waals surface area contributed by atoms with E-state index in [0.717, 1.165) is 11.8 Å². The minimum atomic E-state index is -1.73. The fourth-order valence-electron chi connectivity index (χ4n) is 5.93. The van der Waals surface area contributed by atoms with Gasteiger partial charge in [0.1, 0.15) is 36.3 Å². The largest absolute Gasteiger partial charge is 0.481 e. The van der Waals surface area contributed by atoms with E-state index < -0.39 is 114 Å². The summed E-state index contributed by atoms with van der Waals surface area (Å²) in [7, 11) is 0. The molecule has 0 aromatic heterocycles. The number of aliphatic carboxylic acids is 1. The third-order valence-corrected chi connectivity index (χ3v) is 11.2. The van der Waals surface area contributed by atoms with Crippen LogP contribution in [-0.4, -0.2) is 143 Å². The quantitative estimate of drug-likeness (QED) is 0.0693. The van der Waals surface area contributed by atoms with Gasteiger partial charge in [-0.1, -0.05) is 50.1 Å². The van der Waals surface area contributed by atoms with Gasteiger partial charge in [0.2, 0.25) is 47.3 Å². The number of ketones is 1. The number of unbranched alkanes of at least 4 members (excludes halogenated alkanes) is 2. The van der Waals surface area contributed by atoms with Crippen LogP contribution in [-0.2, 0) is 54.4 Å². The smallest absolute Gasteiger partial charge is 0.305 e. The van der Waals surface area contributed by atoms with E-state index in [0.29, 0.717) is 37.8 Å². The lowest BCUT2D eigenvalue weighted by molar-refractivity contribution is -0.141. The Bertz CT molecular complexity index is 1730. The first kappa shape index (κ1) is 53.3. The van der Waals surface area contributed by atoms with E-state index in [1.54, 1.807) is 30.3 Å². The predicted molar refractivity (Wildman–Crippen MR) is 237 cm³/mol. The Labute approximate surface area is 375 Å². The minimum Gasteiger partial charge on any atom is -0.481 e. The Morgan fingerprint density at radius 1 is 0.677 bits per heavy atom. The number of thiol groups is 2. The number of amides is 8. The molecule has 1 heterocycles. The van der Waals surface area contributed by atoms with E-state index in [4.69, 9.17) is 5.73 Å². The lowest BCUT2D eigenvalue weighted by Crippen LogP contribution is -2.59. The first-order valence-electron chi connectivity index (χ1n) is 20.2. The van der Waals surface area contributed by atoms with Gasteiger partial charge in [-0.15, -0.1) is 11.8 Å². The van der Waals surface area contributed by atoms with Crippen molar-refractivity contribution in [2.45, 2.75) is 108 Å². The van der Waals surface area contributed by atoms with Crippen molar-refractivity contribution in [1.82, 2.24) is 42.5 Å². The van der Waals surface area contributed by atoms with Crippen LogP contribution in [0.2, 0.25) is 0 Å². The van der Waals surface area contributed by atoms with E-state index in [-0.39, 0.29) is 42.3 Å². The summed E-state index contributed by atoms with van der Waals surface area (Å²) in [6.45, 7) is 2.66. The molecule has 0 aliphatic carbocycles. The zero-order valence-corrected chi connectivity index (χ0v) is 37.3. The molecular formula is C39H59N9O11S3. The van der Waals surface area contributed by atoms with Crippen LogP contribution in [0, 0.1) is 0 Å². The molecule has 20 nitrogen and oxygen atoms in total. The number of carboxylic acid groups (broad SMARTS) is 1.